The van der Waals surface area contributed by atoms with E-state index in [-0.39, 0.29) is 25.5 Å². The normalized spacial score (nSPS) is 11.3. The van der Waals surface area contributed by atoms with E-state index in [1.54, 1.807) is 19.2 Å². The van der Waals surface area contributed by atoms with Gasteiger partial charge in [-0.2, -0.15) is 0 Å². The van der Waals surface area contributed by atoms with Crippen LogP contribution >= 0.6 is 0 Å². The molecule has 0 aliphatic rings. The summed E-state index contributed by atoms with van der Waals surface area (Å²) in [4.78, 5) is 23.7. The highest BCUT2D eigenvalue weighted by molar-refractivity contribution is 5.76. The van der Waals surface area contributed by atoms with Crippen molar-refractivity contribution in [2.75, 3.05) is 26.9 Å². The van der Waals surface area contributed by atoms with Gasteiger partial charge in [-0.1, -0.05) is 19.1 Å². The molecule has 1 atom stereocenters. The van der Waals surface area contributed by atoms with Crippen LogP contribution in [0.4, 0.5) is 0 Å². The Hall–Kier alpha value is -3.22. The summed E-state index contributed by atoms with van der Waals surface area (Å²) in [5, 5.41) is 2.78. The third kappa shape index (κ3) is 8.03. The standard InChI is InChI=1S/C23H29NO6/c1-4-13-28-20-9-11-21(12-10-20)29-14-15-30-23(26)16-22(24-17(2)25)18-5-7-19(27-3)8-6-18/h5-12,22H,4,13-16H2,1-3H3,(H,24,25). The molecule has 7 nitrogen and oxygen atoms in total. The van der Waals surface area contributed by atoms with Gasteiger partial charge in [0, 0.05) is 6.92 Å². The molecule has 30 heavy (non-hydrogen) atoms. The fourth-order valence-electron chi connectivity index (χ4n) is 2.73. The van der Waals surface area contributed by atoms with Crippen molar-refractivity contribution in [1.82, 2.24) is 5.32 Å². The summed E-state index contributed by atoms with van der Waals surface area (Å²) >= 11 is 0. The highest BCUT2D eigenvalue weighted by Crippen LogP contribution is 2.21. The van der Waals surface area contributed by atoms with Crippen LogP contribution in [-0.2, 0) is 14.3 Å². The van der Waals surface area contributed by atoms with E-state index in [2.05, 4.69) is 5.32 Å². The van der Waals surface area contributed by atoms with E-state index in [1.807, 2.05) is 43.3 Å². The molecule has 0 saturated carbocycles. The van der Waals surface area contributed by atoms with Gasteiger partial charge in [-0.15, -0.1) is 0 Å². The zero-order valence-corrected chi connectivity index (χ0v) is 17.7. The molecular formula is C23H29NO6. The molecule has 1 N–H and O–H groups in total. The van der Waals surface area contributed by atoms with Crippen LogP contribution in [-0.4, -0.2) is 38.8 Å². The molecule has 0 bridgehead atoms. The van der Waals surface area contributed by atoms with E-state index >= 15 is 0 Å². The molecule has 0 fully saturated rings. The van der Waals surface area contributed by atoms with Gasteiger partial charge in [-0.25, -0.2) is 0 Å². The van der Waals surface area contributed by atoms with Gasteiger partial charge >= 0.3 is 5.97 Å². The number of hydrogen-bond donors (Lipinski definition) is 1. The van der Waals surface area contributed by atoms with Crippen molar-refractivity contribution in [3.8, 4) is 17.2 Å². The van der Waals surface area contributed by atoms with E-state index in [9.17, 15) is 9.59 Å². The van der Waals surface area contributed by atoms with Gasteiger partial charge in [-0.3, -0.25) is 9.59 Å². The predicted octanol–water partition coefficient (Wildman–Crippen LogP) is 3.67. The minimum Gasteiger partial charge on any atom is -0.497 e. The number of ether oxygens (including phenoxy) is 4. The third-order valence-corrected chi connectivity index (χ3v) is 4.18. The quantitative estimate of drug-likeness (QED) is 0.421. The second-order valence-corrected chi connectivity index (χ2v) is 6.62. The molecule has 0 aliphatic carbocycles. The Kier molecular flexibility index (Phi) is 9.51. The van der Waals surface area contributed by atoms with Crippen molar-refractivity contribution in [2.45, 2.75) is 32.7 Å². The number of benzene rings is 2. The zero-order valence-electron chi connectivity index (χ0n) is 17.7. The fraction of sp³-hybridized carbons (Fsp3) is 0.391. The first kappa shape index (κ1) is 23.1. The Balaban J connectivity index is 1.78. The van der Waals surface area contributed by atoms with E-state index in [0.29, 0.717) is 18.1 Å². The molecule has 2 aromatic rings. The van der Waals surface area contributed by atoms with Gasteiger partial charge < -0.3 is 24.3 Å². The summed E-state index contributed by atoms with van der Waals surface area (Å²) in [6.45, 7) is 4.48. The van der Waals surface area contributed by atoms with E-state index < -0.39 is 12.0 Å². The van der Waals surface area contributed by atoms with Crippen LogP contribution in [0.25, 0.3) is 0 Å². The second kappa shape index (κ2) is 12.4. The molecule has 0 aromatic heterocycles. The highest BCUT2D eigenvalue weighted by atomic mass is 16.6. The summed E-state index contributed by atoms with van der Waals surface area (Å²) in [6.07, 6.45) is 0.972. The number of nitrogens with one attached hydrogen (secondary N) is 1. The van der Waals surface area contributed by atoms with E-state index in [1.165, 1.54) is 6.92 Å². The maximum Gasteiger partial charge on any atom is 0.308 e. The number of esters is 1. The van der Waals surface area contributed by atoms with Crippen molar-refractivity contribution in [3.63, 3.8) is 0 Å². The molecule has 0 heterocycles. The summed E-state index contributed by atoms with van der Waals surface area (Å²) < 4.78 is 21.5. The summed E-state index contributed by atoms with van der Waals surface area (Å²) in [6, 6.07) is 14.0. The van der Waals surface area contributed by atoms with Gasteiger partial charge in [0.25, 0.3) is 0 Å². The maximum atomic E-state index is 12.2. The highest BCUT2D eigenvalue weighted by Gasteiger charge is 2.18. The molecule has 0 radical (unpaired) electrons. The minimum atomic E-state index is -0.475. The number of rotatable bonds is 12. The minimum absolute atomic E-state index is 0.0232. The number of amides is 1. The van der Waals surface area contributed by atoms with Gasteiger partial charge in [0.15, 0.2) is 0 Å². The van der Waals surface area contributed by atoms with Crippen LogP contribution in [0.3, 0.4) is 0 Å². The fourth-order valence-corrected chi connectivity index (χ4v) is 2.73. The lowest BCUT2D eigenvalue weighted by molar-refractivity contribution is -0.145. The third-order valence-electron chi connectivity index (χ3n) is 4.18. The monoisotopic (exact) mass is 415 g/mol. The smallest absolute Gasteiger partial charge is 0.308 e. The Morgan fingerprint density at radius 3 is 1.97 bits per heavy atom. The molecule has 7 heteroatoms. The molecule has 0 saturated heterocycles. The largest absolute Gasteiger partial charge is 0.497 e. The molecular weight excluding hydrogens is 386 g/mol. The van der Waals surface area contributed by atoms with Crippen LogP contribution in [0.15, 0.2) is 48.5 Å². The zero-order chi connectivity index (χ0) is 21.8. The first-order valence-corrected chi connectivity index (χ1v) is 9.94. The van der Waals surface area contributed by atoms with Gasteiger partial charge in [0.05, 0.1) is 26.2 Å². The molecule has 2 rings (SSSR count). The van der Waals surface area contributed by atoms with Gasteiger partial charge in [-0.05, 0) is 48.4 Å². The molecule has 1 amide bonds. The molecule has 162 valence electrons. The Labute approximate surface area is 177 Å². The first-order chi connectivity index (χ1) is 14.5. The van der Waals surface area contributed by atoms with Crippen LogP contribution < -0.4 is 19.5 Å². The molecule has 2 aromatic carbocycles. The lowest BCUT2D eigenvalue weighted by atomic mass is 10.0. The average Bonchev–Trinajstić information content (AvgIpc) is 2.75. The summed E-state index contributed by atoms with van der Waals surface area (Å²) in [7, 11) is 1.58. The number of methoxy groups -OCH3 is 1. The molecule has 0 aliphatic heterocycles. The maximum absolute atomic E-state index is 12.2. The molecule has 0 spiro atoms. The van der Waals surface area contributed by atoms with Gasteiger partial charge in [0.1, 0.15) is 30.5 Å². The van der Waals surface area contributed by atoms with Crippen molar-refractivity contribution < 1.29 is 28.5 Å². The van der Waals surface area contributed by atoms with Crippen molar-refractivity contribution in [3.05, 3.63) is 54.1 Å². The average molecular weight is 415 g/mol. The van der Waals surface area contributed by atoms with Crippen LogP contribution in [0, 0.1) is 0 Å². The Bertz CT molecular complexity index is 788. The van der Waals surface area contributed by atoms with Crippen LogP contribution in [0.1, 0.15) is 38.3 Å². The van der Waals surface area contributed by atoms with Crippen LogP contribution in [0.2, 0.25) is 0 Å². The molecule has 1 unspecified atom stereocenters. The Morgan fingerprint density at radius 1 is 0.867 bits per heavy atom. The van der Waals surface area contributed by atoms with Crippen molar-refractivity contribution >= 4 is 11.9 Å². The predicted molar refractivity (Wildman–Crippen MR) is 113 cm³/mol. The number of hydrogen-bond acceptors (Lipinski definition) is 6. The van der Waals surface area contributed by atoms with Crippen molar-refractivity contribution in [1.29, 1.82) is 0 Å². The van der Waals surface area contributed by atoms with E-state index in [4.69, 9.17) is 18.9 Å². The van der Waals surface area contributed by atoms with Gasteiger partial charge in [0.2, 0.25) is 5.91 Å². The Morgan fingerprint density at radius 2 is 1.43 bits per heavy atom. The van der Waals surface area contributed by atoms with Crippen molar-refractivity contribution in [2.24, 2.45) is 0 Å². The lowest BCUT2D eigenvalue weighted by Gasteiger charge is -2.18. The summed E-state index contributed by atoms with van der Waals surface area (Å²) in [5.41, 5.74) is 0.796. The topological polar surface area (TPSA) is 83.1 Å². The number of carbonyl (C=O) groups is 2. The SMILES string of the molecule is CCCOc1ccc(OCCOC(=O)CC(NC(C)=O)c2ccc(OC)cc2)cc1. The van der Waals surface area contributed by atoms with E-state index in [0.717, 1.165) is 17.7 Å². The number of carbonyl (C=O) groups excluding carboxylic acids is 2. The first-order valence-electron chi connectivity index (χ1n) is 9.94. The second-order valence-electron chi connectivity index (χ2n) is 6.62. The lowest BCUT2D eigenvalue weighted by Crippen LogP contribution is -2.29. The van der Waals surface area contributed by atoms with Crippen LogP contribution in [0.5, 0.6) is 17.2 Å². The summed E-state index contributed by atoms with van der Waals surface area (Å²) in [5.74, 6) is 1.52.